The number of hydrazine groups is 1. The molecule has 0 atom stereocenters. The maximum Gasteiger partial charge on any atom is 0.0753 e. The van der Waals surface area contributed by atoms with Crippen LogP contribution in [0.5, 0.6) is 0 Å². The lowest BCUT2D eigenvalue weighted by molar-refractivity contribution is 0.867. The van der Waals surface area contributed by atoms with Crippen LogP contribution in [0.2, 0.25) is 0 Å². The second-order valence-corrected chi connectivity index (χ2v) is 3.56. The molecule has 0 radical (unpaired) electrons. The van der Waals surface area contributed by atoms with E-state index in [9.17, 15) is 0 Å². The third-order valence-electron chi connectivity index (χ3n) is 2.26. The van der Waals surface area contributed by atoms with Crippen molar-refractivity contribution in [2.45, 2.75) is 54.4 Å². The predicted molar refractivity (Wildman–Crippen MR) is 80.2 cm³/mol. The van der Waals surface area contributed by atoms with E-state index in [0.29, 0.717) is 5.92 Å². The van der Waals surface area contributed by atoms with Gasteiger partial charge in [0.15, 0.2) is 0 Å². The van der Waals surface area contributed by atoms with Crippen molar-refractivity contribution in [2.24, 2.45) is 5.84 Å². The van der Waals surface area contributed by atoms with Crippen LogP contribution in [-0.4, -0.2) is 0 Å². The molecular weight excluding hydrogens is 210 g/mol. The maximum absolute atomic E-state index is 5.89. The summed E-state index contributed by atoms with van der Waals surface area (Å²) in [5, 5.41) is 0. The Bertz CT molecular complexity index is 307. The maximum atomic E-state index is 5.89. The summed E-state index contributed by atoms with van der Waals surface area (Å²) >= 11 is 0. The van der Waals surface area contributed by atoms with Crippen LogP contribution in [0, 0.1) is 6.92 Å². The molecule has 0 fully saturated rings. The number of hydrogen-bond donors (Lipinski definition) is 3. The molecule has 0 unspecified atom stereocenters. The Balaban J connectivity index is 0. The summed E-state index contributed by atoms with van der Waals surface area (Å²) in [6.07, 6.45) is 0. The molecule has 0 bridgehead atoms. The van der Waals surface area contributed by atoms with Crippen molar-refractivity contribution in [1.29, 1.82) is 0 Å². The highest BCUT2D eigenvalue weighted by molar-refractivity contribution is 5.73. The molecule has 0 aliphatic heterocycles. The Morgan fingerprint density at radius 3 is 1.88 bits per heavy atom. The number of aryl methyl sites for hydroxylation is 1. The molecule has 17 heavy (non-hydrogen) atoms. The van der Waals surface area contributed by atoms with Crippen LogP contribution >= 0.6 is 0 Å². The molecule has 3 nitrogen and oxygen atoms in total. The van der Waals surface area contributed by atoms with E-state index in [1.165, 1.54) is 0 Å². The topological polar surface area (TPSA) is 64.1 Å². The molecule has 0 saturated carbocycles. The number of benzene rings is 1. The molecule has 0 saturated heterocycles. The van der Waals surface area contributed by atoms with Gasteiger partial charge in [-0.2, -0.15) is 0 Å². The van der Waals surface area contributed by atoms with Crippen molar-refractivity contribution in [3.8, 4) is 0 Å². The van der Waals surface area contributed by atoms with E-state index in [1.54, 1.807) is 0 Å². The van der Waals surface area contributed by atoms with Gasteiger partial charge in [0, 0.05) is 0 Å². The monoisotopic (exact) mass is 239 g/mol. The van der Waals surface area contributed by atoms with Gasteiger partial charge in [0.25, 0.3) is 0 Å². The number of nitrogens with two attached hydrogens (primary N) is 2. The normalized spacial score (nSPS) is 8.76. The Hall–Kier alpha value is -1.22. The highest BCUT2D eigenvalue weighted by Crippen LogP contribution is 2.31. The molecule has 1 aromatic rings. The Morgan fingerprint density at radius 2 is 1.53 bits per heavy atom. The highest BCUT2D eigenvalue weighted by atomic mass is 15.2. The molecule has 0 aliphatic rings. The van der Waals surface area contributed by atoms with Crippen LogP contribution in [-0.2, 0) is 0 Å². The van der Waals surface area contributed by atoms with E-state index in [-0.39, 0.29) is 0 Å². The van der Waals surface area contributed by atoms with Crippen molar-refractivity contribution in [2.75, 3.05) is 11.2 Å². The van der Waals surface area contributed by atoms with Gasteiger partial charge in [-0.25, -0.2) is 0 Å². The quantitative estimate of drug-likeness (QED) is 0.414. The fraction of sp³-hybridized carbons (Fsp3) is 0.571. The van der Waals surface area contributed by atoms with E-state index in [1.807, 2.05) is 40.7 Å². The molecule has 3 heteroatoms. The molecule has 0 spiro atoms. The van der Waals surface area contributed by atoms with Gasteiger partial charge in [0.2, 0.25) is 0 Å². The van der Waals surface area contributed by atoms with Crippen LogP contribution in [0.3, 0.4) is 0 Å². The first kappa shape index (κ1) is 18.2. The standard InChI is InChI=1S/C10H17N3.2C2H6/c1-6(2)8-5-4-7(3)9(11)10(8)13-12;2*1-2/h4-6,13H,11-12H2,1-3H3;2*1-2H3. The van der Waals surface area contributed by atoms with Crippen LogP contribution in [0.1, 0.15) is 58.6 Å². The number of nitrogen functional groups attached to an aromatic ring is 2. The summed E-state index contributed by atoms with van der Waals surface area (Å²) in [7, 11) is 0. The highest BCUT2D eigenvalue weighted by Gasteiger charge is 2.09. The molecule has 0 amide bonds. The lowest BCUT2D eigenvalue weighted by atomic mass is 9.98. The summed E-state index contributed by atoms with van der Waals surface area (Å²) < 4.78 is 0. The number of nitrogens with one attached hydrogen (secondary N) is 1. The van der Waals surface area contributed by atoms with Gasteiger partial charge in [0.1, 0.15) is 0 Å². The first-order chi connectivity index (χ1) is 8.07. The molecule has 1 rings (SSSR count). The summed E-state index contributed by atoms with van der Waals surface area (Å²) in [5.41, 5.74) is 12.4. The summed E-state index contributed by atoms with van der Waals surface area (Å²) in [5.74, 6) is 5.85. The minimum Gasteiger partial charge on any atom is -0.397 e. The van der Waals surface area contributed by atoms with Crippen molar-refractivity contribution >= 4 is 11.4 Å². The third kappa shape index (κ3) is 5.09. The van der Waals surface area contributed by atoms with Crippen molar-refractivity contribution in [3.63, 3.8) is 0 Å². The molecule has 0 heterocycles. The molecular formula is C14H29N3. The van der Waals surface area contributed by atoms with Crippen LogP contribution in [0.4, 0.5) is 11.4 Å². The fourth-order valence-electron chi connectivity index (χ4n) is 1.38. The van der Waals surface area contributed by atoms with Crippen LogP contribution in [0.25, 0.3) is 0 Å². The Labute approximate surface area is 107 Å². The average molecular weight is 239 g/mol. The summed E-state index contributed by atoms with van der Waals surface area (Å²) in [4.78, 5) is 0. The number of hydrogen-bond acceptors (Lipinski definition) is 3. The van der Waals surface area contributed by atoms with Crippen LogP contribution < -0.4 is 17.0 Å². The van der Waals surface area contributed by atoms with E-state index in [0.717, 1.165) is 22.5 Å². The summed E-state index contributed by atoms with van der Waals surface area (Å²) in [6, 6.07) is 4.08. The zero-order valence-electron chi connectivity index (χ0n) is 12.4. The molecule has 1 aromatic carbocycles. The van der Waals surface area contributed by atoms with Gasteiger partial charge < -0.3 is 11.2 Å². The number of rotatable bonds is 2. The van der Waals surface area contributed by atoms with Crippen molar-refractivity contribution < 1.29 is 0 Å². The smallest absolute Gasteiger partial charge is 0.0753 e. The van der Waals surface area contributed by atoms with Crippen molar-refractivity contribution in [1.82, 2.24) is 0 Å². The zero-order chi connectivity index (χ0) is 14.0. The van der Waals surface area contributed by atoms with Crippen molar-refractivity contribution in [3.05, 3.63) is 23.3 Å². The second kappa shape index (κ2) is 9.97. The minimum atomic E-state index is 0.425. The molecule has 0 aromatic heterocycles. The van der Waals surface area contributed by atoms with Gasteiger partial charge in [0.05, 0.1) is 11.4 Å². The lowest BCUT2D eigenvalue weighted by Crippen LogP contribution is -2.13. The van der Waals surface area contributed by atoms with E-state index in [2.05, 4.69) is 25.3 Å². The lowest BCUT2D eigenvalue weighted by Gasteiger charge is -2.15. The first-order valence-corrected chi connectivity index (χ1v) is 6.43. The summed E-state index contributed by atoms with van der Waals surface area (Å²) in [6.45, 7) is 14.2. The van der Waals surface area contributed by atoms with Gasteiger partial charge in [-0.05, 0) is 24.0 Å². The molecule has 0 aliphatic carbocycles. The third-order valence-corrected chi connectivity index (χ3v) is 2.26. The molecule has 100 valence electrons. The van der Waals surface area contributed by atoms with Gasteiger partial charge in [-0.15, -0.1) is 0 Å². The Kier molecular flexibility index (Phi) is 10.6. The van der Waals surface area contributed by atoms with E-state index >= 15 is 0 Å². The number of anilines is 2. The first-order valence-electron chi connectivity index (χ1n) is 6.43. The second-order valence-electron chi connectivity index (χ2n) is 3.56. The van der Waals surface area contributed by atoms with E-state index < -0.39 is 0 Å². The largest absolute Gasteiger partial charge is 0.397 e. The van der Waals surface area contributed by atoms with Gasteiger partial charge >= 0.3 is 0 Å². The predicted octanol–water partition coefficient (Wildman–Crippen LogP) is 4.04. The molecule has 5 N–H and O–H groups in total. The van der Waals surface area contributed by atoms with Crippen LogP contribution in [0.15, 0.2) is 12.1 Å². The SMILES string of the molecule is CC.CC.Cc1ccc(C(C)C)c(NN)c1N. The van der Waals surface area contributed by atoms with Gasteiger partial charge in [-0.1, -0.05) is 53.7 Å². The average Bonchev–Trinajstić information content (AvgIpc) is 2.37. The zero-order valence-corrected chi connectivity index (χ0v) is 12.4. The Morgan fingerprint density at radius 1 is 1.06 bits per heavy atom. The van der Waals surface area contributed by atoms with Gasteiger partial charge in [-0.3, -0.25) is 5.84 Å². The fourth-order valence-corrected chi connectivity index (χ4v) is 1.38. The minimum absolute atomic E-state index is 0.425. The van der Waals surface area contributed by atoms with E-state index in [4.69, 9.17) is 11.6 Å².